The van der Waals surface area contributed by atoms with Gasteiger partial charge in [0.1, 0.15) is 12.6 Å². The molecule has 0 unspecified atom stereocenters. The van der Waals surface area contributed by atoms with Gasteiger partial charge < -0.3 is 16.2 Å². The molecule has 9 heteroatoms. The van der Waals surface area contributed by atoms with Crippen molar-refractivity contribution >= 4 is 17.8 Å². The monoisotopic (exact) mass is 241 g/mol. The lowest BCUT2D eigenvalue weighted by Crippen LogP contribution is -2.44. The number of carboxylic acids is 1. The van der Waals surface area contributed by atoms with Crippen LogP contribution in [-0.4, -0.2) is 43.9 Å². The zero-order valence-corrected chi connectivity index (χ0v) is 8.74. The number of hydrogen-bond donors (Lipinski definition) is 3. The van der Waals surface area contributed by atoms with Gasteiger partial charge in [0.2, 0.25) is 11.8 Å². The molecule has 0 fully saturated rings. The van der Waals surface area contributed by atoms with Crippen LogP contribution in [0.2, 0.25) is 0 Å². The van der Waals surface area contributed by atoms with Gasteiger partial charge in [0.15, 0.2) is 0 Å². The molecule has 1 rings (SSSR count). The van der Waals surface area contributed by atoms with Crippen molar-refractivity contribution < 1.29 is 19.5 Å². The number of nitrogens with zero attached hydrogens (tertiary/aromatic N) is 3. The van der Waals surface area contributed by atoms with Crippen LogP contribution in [0.15, 0.2) is 12.4 Å². The number of carbonyl (C=O) groups excluding carboxylic acids is 2. The summed E-state index contributed by atoms with van der Waals surface area (Å²) in [6, 6.07) is -1.33. The second-order valence-electron chi connectivity index (χ2n) is 3.23. The molecule has 0 spiro atoms. The van der Waals surface area contributed by atoms with Crippen LogP contribution < -0.4 is 11.1 Å². The lowest BCUT2D eigenvalue weighted by atomic mass is 10.2. The van der Waals surface area contributed by atoms with E-state index in [-0.39, 0.29) is 6.54 Å². The average Bonchev–Trinajstić information content (AvgIpc) is 2.68. The Morgan fingerprint density at radius 1 is 1.47 bits per heavy atom. The highest BCUT2D eigenvalue weighted by atomic mass is 16.4. The molecule has 1 heterocycles. The molecule has 0 saturated carbocycles. The van der Waals surface area contributed by atoms with Crippen molar-refractivity contribution in [1.29, 1.82) is 0 Å². The van der Waals surface area contributed by atoms with Gasteiger partial charge in [-0.2, -0.15) is 0 Å². The molecular weight excluding hydrogens is 230 g/mol. The third-order valence-corrected chi connectivity index (χ3v) is 1.82. The van der Waals surface area contributed by atoms with Gasteiger partial charge in [0, 0.05) is 6.20 Å². The Bertz CT molecular complexity index is 416. The van der Waals surface area contributed by atoms with E-state index < -0.39 is 30.2 Å². The van der Waals surface area contributed by atoms with Crippen molar-refractivity contribution in [1.82, 2.24) is 20.3 Å². The Balaban J connectivity index is 2.52. The van der Waals surface area contributed by atoms with E-state index in [1.54, 1.807) is 0 Å². The van der Waals surface area contributed by atoms with Gasteiger partial charge in [0.05, 0.1) is 12.6 Å². The lowest BCUT2D eigenvalue weighted by molar-refractivity contribution is -0.143. The normalized spacial score (nSPS) is 11.8. The van der Waals surface area contributed by atoms with E-state index in [0.29, 0.717) is 0 Å². The first-order valence-corrected chi connectivity index (χ1v) is 4.63. The quantitative estimate of drug-likeness (QED) is 0.512. The molecule has 0 aliphatic rings. The Morgan fingerprint density at radius 2 is 2.18 bits per heavy atom. The molecule has 0 bridgehead atoms. The molecular formula is C8H11N5O4. The first-order chi connectivity index (χ1) is 7.99. The Hall–Kier alpha value is -2.45. The minimum Gasteiger partial charge on any atom is -0.480 e. The number of nitrogens with one attached hydrogen (secondary N) is 1. The molecule has 2 amide bonds. The third kappa shape index (κ3) is 4.28. The largest absolute Gasteiger partial charge is 0.480 e. The van der Waals surface area contributed by atoms with Crippen molar-refractivity contribution in [3.63, 3.8) is 0 Å². The predicted octanol–water partition coefficient (Wildman–Crippen LogP) is -2.28. The molecule has 0 saturated heterocycles. The maximum atomic E-state index is 11.4. The number of hydrogen-bond acceptors (Lipinski definition) is 5. The van der Waals surface area contributed by atoms with Gasteiger partial charge >= 0.3 is 5.97 Å². The van der Waals surface area contributed by atoms with Crippen molar-refractivity contribution in [2.45, 2.75) is 19.0 Å². The molecule has 1 atom stereocenters. The van der Waals surface area contributed by atoms with Gasteiger partial charge in [0.25, 0.3) is 0 Å². The smallest absolute Gasteiger partial charge is 0.326 e. The number of carboxylic acid groups (broad SMARTS) is 1. The van der Waals surface area contributed by atoms with Crippen LogP contribution in [0.3, 0.4) is 0 Å². The number of amides is 2. The van der Waals surface area contributed by atoms with Crippen LogP contribution in [-0.2, 0) is 20.9 Å². The number of carbonyl (C=O) groups is 3. The van der Waals surface area contributed by atoms with E-state index in [1.165, 1.54) is 17.1 Å². The molecule has 17 heavy (non-hydrogen) atoms. The van der Waals surface area contributed by atoms with E-state index in [1.807, 2.05) is 0 Å². The molecule has 9 nitrogen and oxygen atoms in total. The summed E-state index contributed by atoms with van der Waals surface area (Å²) in [5.74, 6) is -2.72. The summed E-state index contributed by atoms with van der Waals surface area (Å²) in [6.45, 7) is -0.178. The predicted molar refractivity (Wildman–Crippen MR) is 53.4 cm³/mol. The van der Waals surface area contributed by atoms with Crippen LogP contribution in [0.1, 0.15) is 6.42 Å². The highest BCUT2D eigenvalue weighted by Gasteiger charge is 2.22. The molecule has 0 radical (unpaired) electrons. The minimum absolute atomic E-state index is 0.178. The molecule has 0 aliphatic heterocycles. The highest BCUT2D eigenvalue weighted by Crippen LogP contribution is 1.92. The SMILES string of the molecule is NC(=O)C[C@@H](NC(=O)Cn1ccnn1)C(=O)O. The fourth-order valence-corrected chi connectivity index (χ4v) is 1.11. The summed E-state index contributed by atoms with van der Waals surface area (Å²) >= 11 is 0. The molecule has 1 aromatic heterocycles. The first-order valence-electron chi connectivity index (χ1n) is 4.63. The molecule has 0 aliphatic carbocycles. The zero-order chi connectivity index (χ0) is 12.8. The number of rotatable bonds is 6. The first kappa shape index (κ1) is 12.6. The Kier molecular flexibility index (Phi) is 4.14. The maximum absolute atomic E-state index is 11.4. The standard InChI is InChI=1S/C8H11N5O4/c9-6(14)3-5(8(16)17)11-7(15)4-13-2-1-10-12-13/h1-2,5H,3-4H2,(H2,9,14)(H,11,15)(H,16,17)/t5-/m1/s1. The van der Waals surface area contributed by atoms with Crippen LogP contribution in [0.5, 0.6) is 0 Å². The number of primary amides is 1. The fourth-order valence-electron chi connectivity index (χ4n) is 1.11. The highest BCUT2D eigenvalue weighted by molar-refractivity contribution is 5.87. The molecule has 92 valence electrons. The third-order valence-electron chi connectivity index (χ3n) is 1.82. The van der Waals surface area contributed by atoms with E-state index in [9.17, 15) is 14.4 Å². The lowest BCUT2D eigenvalue weighted by Gasteiger charge is -2.12. The summed E-state index contributed by atoms with van der Waals surface area (Å²) in [4.78, 5) is 32.7. The zero-order valence-electron chi connectivity index (χ0n) is 8.74. The van der Waals surface area contributed by atoms with Gasteiger partial charge in [-0.3, -0.25) is 9.59 Å². The van der Waals surface area contributed by atoms with Crippen molar-refractivity contribution in [2.75, 3.05) is 0 Å². The maximum Gasteiger partial charge on any atom is 0.326 e. The van der Waals surface area contributed by atoms with Crippen LogP contribution in [0.4, 0.5) is 0 Å². The molecule has 4 N–H and O–H groups in total. The number of aliphatic carboxylic acids is 1. The van der Waals surface area contributed by atoms with Crippen molar-refractivity contribution in [3.8, 4) is 0 Å². The summed E-state index contributed by atoms with van der Waals surface area (Å²) in [7, 11) is 0. The molecule has 1 aromatic rings. The van der Waals surface area contributed by atoms with Crippen LogP contribution >= 0.6 is 0 Å². The minimum atomic E-state index is -1.33. The summed E-state index contributed by atoms with van der Waals surface area (Å²) in [5.41, 5.74) is 4.86. The summed E-state index contributed by atoms with van der Waals surface area (Å²) in [6.07, 6.45) is 2.37. The molecule has 0 aromatic carbocycles. The van der Waals surface area contributed by atoms with Gasteiger partial charge in [-0.05, 0) is 0 Å². The van der Waals surface area contributed by atoms with E-state index in [0.717, 1.165) is 0 Å². The van der Waals surface area contributed by atoms with Gasteiger partial charge in [-0.15, -0.1) is 5.10 Å². The summed E-state index contributed by atoms with van der Waals surface area (Å²) in [5, 5.41) is 17.9. The second-order valence-corrected chi connectivity index (χ2v) is 3.23. The summed E-state index contributed by atoms with van der Waals surface area (Å²) < 4.78 is 1.22. The van der Waals surface area contributed by atoms with E-state index >= 15 is 0 Å². The van der Waals surface area contributed by atoms with Gasteiger partial charge in [-0.1, -0.05) is 5.21 Å². The number of nitrogens with two attached hydrogens (primary N) is 1. The van der Waals surface area contributed by atoms with Crippen LogP contribution in [0.25, 0.3) is 0 Å². The fraction of sp³-hybridized carbons (Fsp3) is 0.375. The van der Waals surface area contributed by atoms with E-state index in [2.05, 4.69) is 15.6 Å². The van der Waals surface area contributed by atoms with Crippen molar-refractivity contribution in [2.24, 2.45) is 5.73 Å². The Labute approximate surface area is 95.6 Å². The average molecular weight is 241 g/mol. The van der Waals surface area contributed by atoms with Gasteiger partial charge in [-0.25, -0.2) is 9.48 Å². The van der Waals surface area contributed by atoms with E-state index in [4.69, 9.17) is 10.8 Å². The second kappa shape index (κ2) is 5.58. The Morgan fingerprint density at radius 3 is 2.65 bits per heavy atom. The van der Waals surface area contributed by atoms with Crippen molar-refractivity contribution in [3.05, 3.63) is 12.4 Å². The number of aromatic nitrogens is 3. The topological polar surface area (TPSA) is 140 Å². The van der Waals surface area contributed by atoms with Crippen LogP contribution in [0, 0.1) is 0 Å².